The highest BCUT2D eigenvalue weighted by Crippen LogP contribution is 2.23. The SMILES string of the molecule is Cc1nc(-c2cccc(Br)c2)ccc1C(=O)N1CCN(C(=O)C2CCCO2)CC1. The fourth-order valence-corrected chi connectivity index (χ4v) is 4.27. The van der Waals surface area contributed by atoms with Crippen LogP contribution in [0.5, 0.6) is 0 Å². The maximum atomic E-state index is 13.0. The number of piperazine rings is 1. The first-order valence-corrected chi connectivity index (χ1v) is 10.8. The van der Waals surface area contributed by atoms with E-state index in [1.807, 2.05) is 53.1 Å². The molecule has 0 aliphatic carbocycles. The largest absolute Gasteiger partial charge is 0.368 e. The molecule has 0 radical (unpaired) electrons. The van der Waals surface area contributed by atoms with E-state index in [1.165, 1.54) is 0 Å². The van der Waals surface area contributed by atoms with Gasteiger partial charge in [0.15, 0.2) is 0 Å². The minimum Gasteiger partial charge on any atom is -0.368 e. The number of hydrogen-bond donors (Lipinski definition) is 0. The number of halogens is 1. The summed E-state index contributed by atoms with van der Waals surface area (Å²) in [6.07, 6.45) is 1.44. The fourth-order valence-electron chi connectivity index (χ4n) is 3.87. The number of hydrogen-bond acceptors (Lipinski definition) is 4. The van der Waals surface area contributed by atoms with E-state index in [2.05, 4.69) is 20.9 Å². The summed E-state index contributed by atoms with van der Waals surface area (Å²) in [6, 6.07) is 11.7. The summed E-state index contributed by atoms with van der Waals surface area (Å²) in [5.41, 5.74) is 3.17. The van der Waals surface area contributed by atoms with Gasteiger partial charge in [0.05, 0.1) is 17.0 Å². The van der Waals surface area contributed by atoms with E-state index in [0.29, 0.717) is 44.0 Å². The van der Waals surface area contributed by atoms with Gasteiger partial charge in [0.25, 0.3) is 11.8 Å². The number of aryl methyl sites for hydroxylation is 1. The van der Waals surface area contributed by atoms with Gasteiger partial charge in [-0.25, -0.2) is 0 Å². The van der Waals surface area contributed by atoms with Crippen LogP contribution >= 0.6 is 15.9 Å². The highest BCUT2D eigenvalue weighted by atomic mass is 79.9. The van der Waals surface area contributed by atoms with Crippen LogP contribution in [0, 0.1) is 6.92 Å². The lowest BCUT2D eigenvalue weighted by Gasteiger charge is -2.36. The van der Waals surface area contributed by atoms with E-state index in [-0.39, 0.29) is 17.9 Å². The number of benzene rings is 1. The summed E-state index contributed by atoms with van der Waals surface area (Å²) in [5, 5.41) is 0. The number of carbonyl (C=O) groups excluding carboxylic acids is 2. The van der Waals surface area contributed by atoms with Crippen LogP contribution < -0.4 is 0 Å². The summed E-state index contributed by atoms with van der Waals surface area (Å²) < 4.78 is 6.49. The zero-order valence-corrected chi connectivity index (χ0v) is 18.0. The second-order valence-corrected chi connectivity index (χ2v) is 8.37. The van der Waals surface area contributed by atoms with Crippen LogP contribution in [0.25, 0.3) is 11.3 Å². The molecule has 2 amide bonds. The van der Waals surface area contributed by atoms with Crippen LogP contribution in [0.15, 0.2) is 40.9 Å². The van der Waals surface area contributed by atoms with Crippen molar-refractivity contribution in [3.63, 3.8) is 0 Å². The van der Waals surface area contributed by atoms with Crippen molar-refractivity contribution in [2.24, 2.45) is 0 Å². The Morgan fingerprint density at radius 1 is 1.10 bits per heavy atom. The van der Waals surface area contributed by atoms with E-state index in [1.54, 1.807) is 0 Å². The van der Waals surface area contributed by atoms with Gasteiger partial charge in [0.2, 0.25) is 0 Å². The lowest BCUT2D eigenvalue weighted by atomic mass is 10.1. The average molecular weight is 458 g/mol. The number of pyridine rings is 1. The summed E-state index contributed by atoms with van der Waals surface area (Å²) >= 11 is 3.48. The van der Waals surface area contributed by atoms with Gasteiger partial charge in [-0.3, -0.25) is 14.6 Å². The van der Waals surface area contributed by atoms with Crippen molar-refractivity contribution in [1.82, 2.24) is 14.8 Å². The molecule has 0 bridgehead atoms. The third-order valence-corrected chi connectivity index (χ3v) is 6.01. The predicted octanol–water partition coefficient (Wildman–Crippen LogP) is 3.28. The topological polar surface area (TPSA) is 62.7 Å². The molecule has 2 aromatic rings. The monoisotopic (exact) mass is 457 g/mol. The Hall–Kier alpha value is -2.25. The smallest absolute Gasteiger partial charge is 0.255 e. The van der Waals surface area contributed by atoms with Crippen LogP contribution in [0.1, 0.15) is 28.9 Å². The second-order valence-electron chi connectivity index (χ2n) is 7.46. The van der Waals surface area contributed by atoms with E-state index in [4.69, 9.17) is 4.74 Å². The van der Waals surface area contributed by atoms with Crippen LogP contribution in [0.2, 0.25) is 0 Å². The van der Waals surface area contributed by atoms with E-state index in [0.717, 1.165) is 28.6 Å². The number of carbonyl (C=O) groups is 2. The summed E-state index contributed by atoms with van der Waals surface area (Å²) in [7, 11) is 0. The number of aromatic nitrogens is 1. The van der Waals surface area contributed by atoms with Crippen molar-refractivity contribution in [1.29, 1.82) is 0 Å². The first kappa shape index (κ1) is 20.0. The number of rotatable bonds is 3. The van der Waals surface area contributed by atoms with Crippen LogP contribution in [-0.4, -0.2) is 65.5 Å². The molecule has 2 aliphatic rings. The Labute approximate surface area is 179 Å². The molecule has 1 atom stereocenters. The molecule has 7 heteroatoms. The van der Waals surface area contributed by atoms with E-state index in [9.17, 15) is 9.59 Å². The summed E-state index contributed by atoms with van der Waals surface area (Å²) in [5.74, 6) is 0.0332. The minimum absolute atomic E-state index is 0.0278. The molecule has 0 saturated carbocycles. The second kappa shape index (κ2) is 8.63. The van der Waals surface area contributed by atoms with Crippen LogP contribution in [-0.2, 0) is 9.53 Å². The molecule has 2 aliphatic heterocycles. The molecule has 152 valence electrons. The molecule has 1 aromatic carbocycles. The molecule has 2 saturated heterocycles. The van der Waals surface area contributed by atoms with Crippen molar-refractivity contribution >= 4 is 27.7 Å². The average Bonchev–Trinajstić information content (AvgIpc) is 3.28. The van der Waals surface area contributed by atoms with Gasteiger partial charge in [-0.1, -0.05) is 28.1 Å². The molecule has 1 aromatic heterocycles. The lowest BCUT2D eigenvalue weighted by Crippen LogP contribution is -2.52. The third-order valence-electron chi connectivity index (χ3n) is 5.52. The summed E-state index contributed by atoms with van der Waals surface area (Å²) in [6.45, 7) is 4.69. The van der Waals surface area contributed by atoms with Gasteiger partial charge >= 0.3 is 0 Å². The van der Waals surface area contributed by atoms with Crippen molar-refractivity contribution in [2.75, 3.05) is 32.8 Å². The first-order chi connectivity index (χ1) is 14.0. The molecule has 2 fully saturated rings. The van der Waals surface area contributed by atoms with Crippen molar-refractivity contribution in [3.05, 3.63) is 52.1 Å². The Morgan fingerprint density at radius 3 is 2.52 bits per heavy atom. The Morgan fingerprint density at radius 2 is 1.86 bits per heavy atom. The zero-order valence-electron chi connectivity index (χ0n) is 16.4. The maximum Gasteiger partial charge on any atom is 0.255 e. The lowest BCUT2D eigenvalue weighted by molar-refractivity contribution is -0.142. The number of amides is 2. The van der Waals surface area contributed by atoms with Gasteiger partial charge in [-0.15, -0.1) is 0 Å². The standard InChI is InChI=1S/C22H24BrN3O3/c1-15-18(7-8-19(24-15)16-4-2-5-17(23)14-16)21(27)25-9-11-26(12-10-25)22(28)20-6-3-13-29-20/h2,4-5,7-8,14,20H,3,6,9-13H2,1H3. The number of nitrogens with zero attached hydrogens (tertiary/aromatic N) is 3. The quantitative estimate of drug-likeness (QED) is 0.709. The third kappa shape index (κ3) is 4.36. The maximum absolute atomic E-state index is 13.0. The van der Waals surface area contributed by atoms with E-state index >= 15 is 0 Å². The van der Waals surface area contributed by atoms with E-state index < -0.39 is 0 Å². The fraction of sp³-hybridized carbons (Fsp3) is 0.409. The molecule has 6 nitrogen and oxygen atoms in total. The molecule has 3 heterocycles. The minimum atomic E-state index is -0.297. The molecule has 29 heavy (non-hydrogen) atoms. The molecule has 4 rings (SSSR count). The van der Waals surface area contributed by atoms with Crippen molar-refractivity contribution < 1.29 is 14.3 Å². The van der Waals surface area contributed by atoms with Crippen LogP contribution in [0.4, 0.5) is 0 Å². The molecular weight excluding hydrogens is 434 g/mol. The van der Waals surface area contributed by atoms with Gasteiger partial charge in [-0.05, 0) is 44.0 Å². The first-order valence-electron chi connectivity index (χ1n) is 9.96. The van der Waals surface area contributed by atoms with Crippen molar-refractivity contribution in [2.45, 2.75) is 25.9 Å². The highest BCUT2D eigenvalue weighted by Gasteiger charge is 2.31. The normalized spacial score (nSPS) is 19.4. The summed E-state index contributed by atoms with van der Waals surface area (Å²) in [4.78, 5) is 33.8. The van der Waals surface area contributed by atoms with Crippen LogP contribution in [0.3, 0.4) is 0 Å². The molecule has 0 N–H and O–H groups in total. The number of ether oxygens (including phenoxy) is 1. The highest BCUT2D eigenvalue weighted by molar-refractivity contribution is 9.10. The van der Waals surface area contributed by atoms with Crippen molar-refractivity contribution in [3.8, 4) is 11.3 Å². The van der Waals surface area contributed by atoms with Gasteiger partial charge < -0.3 is 14.5 Å². The molecule has 1 unspecified atom stereocenters. The predicted molar refractivity (Wildman–Crippen MR) is 114 cm³/mol. The van der Waals surface area contributed by atoms with Gasteiger partial charge in [-0.2, -0.15) is 0 Å². The molecule has 0 spiro atoms. The zero-order chi connectivity index (χ0) is 20.4. The Balaban J connectivity index is 1.41. The Bertz CT molecular complexity index is 919. The van der Waals surface area contributed by atoms with Gasteiger partial charge in [0, 0.05) is 42.8 Å². The molecular formula is C22H24BrN3O3. The Kier molecular flexibility index (Phi) is 5.96. The van der Waals surface area contributed by atoms with Gasteiger partial charge in [0.1, 0.15) is 6.10 Å².